The summed E-state index contributed by atoms with van der Waals surface area (Å²) >= 11 is 0. The first-order chi connectivity index (χ1) is 17.0. The van der Waals surface area contributed by atoms with E-state index in [4.69, 9.17) is 29.9 Å². The number of aliphatic hydroxyl groups is 5. The summed E-state index contributed by atoms with van der Waals surface area (Å²) in [6.45, 7) is -0.226. The van der Waals surface area contributed by atoms with Gasteiger partial charge in [0.1, 0.15) is 48.6 Å². The number of benzene rings is 1. The van der Waals surface area contributed by atoms with Gasteiger partial charge >= 0.3 is 43.7 Å². The van der Waals surface area contributed by atoms with Gasteiger partial charge < -0.3 is 54.8 Å². The van der Waals surface area contributed by atoms with E-state index in [0.29, 0.717) is 24.3 Å². The van der Waals surface area contributed by atoms with Gasteiger partial charge in [0.15, 0.2) is 0 Å². The molecule has 3 aliphatic rings. The normalized spacial score (nSPS) is 29.6. The molecule has 1 aromatic rings. The average molecular weight is 552 g/mol. The van der Waals surface area contributed by atoms with Crippen molar-refractivity contribution in [3.8, 4) is 0 Å². The molecule has 0 spiro atoms. The first-order valence-electron chi connectivity index (χ1n) is 11.4. The average Bonchev–Trinajstić information content (AvgIpc) is 3.62. The van der Waals surface area contributed by atoms with Crippen molar-refractivity contribution in [1.82, 2.24) is 4.90 Å². The van der Waals surface area contributed by atoms with Gasteiger partial charge in [0.2, 0.25) is 0 Å². The number of nitrogens with zero attached hydrogens (tertiary/aromatic N) is 1. The molecule has 200 valence electrons. The van der Waals surface area contributed by atoms with E-state index in [0.717, 1.165) is 18.4 Å². The third-order valence-electron chi connectivity index (χ3n) is 6.81. The van der Waals surface area contributed by atoms with E-state index < -0.39 is 42.3 Å². The Balaban J connectivity index is 0.000000283. The second kappa shape index (κ2) is 13.6. The molecule has 2 bridgehead atoms. The van der Waals surface area contributed by atoms with Crippen LogP contribution >= 0.6 is 0 Å². The van der Waals surface area contributed by atoms with Crippen LogP contribution in [0.15, 0.2) is 30.3 Å². The molecule has 37 heavy (non-hydrogen) atoms. The summed E-state index contributed by atoms with van der Waals surface area (Å²) in [4.78, 5) is 34.7. The summed E-state index contributed by atoms with van der Waals surface area (Å²) in [6.07, 6.45) is -7.51. The minimum atomic E-state index is -2.50. The minimum absolute atomic E-state index is 0. The quantitative estimate of drug-likeness (QED) is 0.110. The number of hydrogen-bond acceptors (Lipinski definition) is 13. The van der Waals surface area contributed by atoms with Crippen molar-refractivity contribution in [1.29, 1.82) is 0 Å². The summed E-state index contributed by atoms with van der Waals surface area (Å²) in [7, 11) is 2.13. The number of hydrogen-bond donors (Lipinski definition) is 5. The molecule has 5 N–H and O–H groups in total. The number of epoxide rings is 1. The van der Waals surface area contributed by atoms with Crippen molar-refractivity contribution < 1.29 is 59.6 Å². The summed E-state index contributed by atoms with van der Waals surface area (Å²) in [5.74, 6) is -5.13. The number of ether oxygens (including phenoxy) is 2. The maximum absolute atomic E-state index is 12.4. The monoisotopic (exact) mass is 551 g/mol. The van der Waals surface area contributed by atoms with Crippen molar-refractivity contribution in [3.05, 3.63) is 35.9 Å². The van der Waals surface area contributed by atoms with Gasteiger partial charge in [-0.3, -0.25) is 9.69 Å². The molecule has 0 amide bonds. The van der Waals surface area contributed by atoms with Crippen molar-refractivity contribution in [3.63, 3.8) is 0 Å². The Hall–Kier alpha value is -1.39. The number of fused-ring (bicyclic) bond motifs is 5. The summed E-state index contributed by atoms with van der Waals surface area (Å²) < 4.78 is 11.4. The summed E-state index contributed by atoms with van der Waals surface area (Å²) in [5, 5.41) is 64.3. The molecule has 0 saturated carbocycles. The number of likely N-dealkylation sites (N-methyl/N-ethyl adjacent to an activating group) is 1. The summed E-state index contributed by atoms with van der Waals surface area (Å²) in [6, 6.07) is 10.1. The van der Waals surface area contributed by atoms with Crippen LogP contribution in [-0.2, 0) is 23.9 Å². The molecule has 4 rings (SSSR count). The van der Waals surface area contributed by atoms with E-state index in [2.05, 4.69) is 11.9 Å². The van der Waals surface area contributed by atoms with Crippen LogP contribution in [0, 0.1) is 0 Å². The fraction of sp³-hybridized carbons (Fsp3) is 0.609. The van der Waals surface area contributed by atoms with Crippen LogP contribution in [-0.4, -0.2) is 155 Å². The van der Waals surface area contributed by atoms with Gasteiger partial charge in [-0.15, -0.1) is 0 Å². The van der Waals surface area contributed by atoms with E-state index >= 15 is 0 Å². The zero-order chi connectivity index (χ0) is 26.7. The zero-order valence-corrected chi connectivity index (χ0v) is 22.2. The second-order valence-corrected chi connectivity index (χ2v) is 9.05. The largest absolute Gasteiger partial charge is 2.00 e. The van der Waals surface area contributed by atoms with Crippen molar-refractivity contribution in [2.45, 2.75) is 73.6 Å². The maximum atomic E-state index is 12.4. The number of rotatable bonds is 9. The zero-order valence-electron chi connectivity index (χ0n) is 20.0. The number of esters is 1. The standard InChI is InChI=1S/C17H21NO4.C6H10O8.Ca/c1-18-13-7-11(8-14(18)16-15(13)22-16)21-17(20)12(9-19)10-5-3-2-4-6-10;7-1(3(9)5(11)12)2(8)4(10)6(13)14;/h2-6,11-16,19H,7-9H2,1H3;1-4,7-10H,(H,11,12)(H,13,14);/q;;+2/p-2/t11-,12-,13-,14+,15-,16+;1-,2-,3-,4+;/m10./s1. The fourth-order valence-corrected chi connectivity index (χ4v) is 4.70. The molecule has 3 saturated heterocycles. The Morgan fingerprint density at radius 3 is 1.84 bits per heavy atom. The molecular formula is C23H29CaNO12. The predicted octanol–water partition coefficient (Wildman–Crippen LogP) is -5.53. The Bertz CT molecular complexity index is 894. The van der Waals surface area contributed by atoms with Gasteiger partial charge in [-0.2, -0.15) is 0 Å². The Kier molecular flexibility index (Phi) is 11.7. The smallest absolute Gasteiger partial charge is 0.547 e. The number of carboxylic acid groups (broad SMARTS) is 2. The van der Waals surface area contributed by atoms with Crippen LogP contribution in [0.2, 0.25) is 0 Å². The van der Waals surface area contributed by atoms with Crippen LogP contribution in [0.4, 0.5) is 0 Å². The Morgan fingerprint density at radius 1 is 0.973 bits per heavy atom. The molecule has 13 nitrogen and oxygen atoms in total. The Labute approximate surface area is 242 Å². The summed E-state index contributed by atoms with van der Waals surface area (Å²) in [5.41, 5.74) is 0.803. The molecule has 3 fully saturated rings. The van der Waals surface area contributed by atoms with Gasteiger partial charge in [0.25, 0.3) is 0 Å². The van der Waals surface area contributed by atoms with Crippen LogP contribution in [0.25, 0.3) is 0 Å². The predicted molar refractivity (Wildman–Crippen MR) is 119 cm³/mol. The third kappa shape index (κ3) is 7.38. The molecule has 0 radical (unpaired) electrons. The van der Waals surface area contributed by atoms with E-state index in [1.807, 2.05) is 30.3 Å². The number of carbonyl (C=O) groups is 3. The molecule has 1 aromatic carbocycles. The maximum Gasteiger partial charge on any atom is 2.00 e. The van der Waals surface area contributed by atoms with E-state index in [1.54, 1.807) is 0 Å². The molecule has 3 heterocycles. The number of piperidine rings is 1. The van der Waals surface area contributed by atoms with Gasteiger partial charge in [0.05, 0.1) is 18.5 Å². The van der Waals surface area contributed by atoms with Gasteiger partial charge in [-0.1, -0.05) is 30.3 Å². The molecular weight excluding hydrogens is 522 g/mol. The molecule has 10 atom stereocenters. The topological polar surface area (TPSA) is 223 Å². The van der Waals surface area contributed by atoms with Gasteiger partial charge in [-0.25, -0.2) is 0 Å². The van der Waals surface area contributed by atoms with Crippen LogP contribution in [0.3, 0.4) is 0 Å². The van der Waals surface area contributed by atoms with E-state index in [-0.39, 0.29) is 56.4 Å². The van der Waals surface area contributed by atoms with E-state index in [1.165, 1.54) is 0 Å². The van der Waals surface area contributed by atoms with Crippen molar-refractivity contribution >= 4 is 55.6 Å². The number of carbonyl (C=O) groups excluding carboxylic acids is 3. The van der Waals surface area contributed by atoms with Gasteiger partial charge in [0, 0.05) is 24.9 Å². The number of aliphatic hydroxyl groups excluding tert-OH is 5. The third-order valence-corrected chi connectivity index (χ3v) is 6.81. The first-order valence-corrected chi connectivity index (χ1v) is 11.4. The van der Waals surface area contributed by atoms with Crippen molar-refractivity contribution in [2.24, 2.45) is 0 Å². The Morgan fingerprint density at radius 2 is 1.43 bits per heavy atom. The van der Waals surface area contributed by atoms with Gasteiger partial charge in [-0.05, 0) is 12.6 Å². The van der Waals surface area contributed by atoms with Crippen molar-refractivity contribution in [2.75, 3.05) is 13.7 Å². The second-order valence-electron chi connectivity index (χ2n) is 9.05. The molecule has 0 aliphatic carbocycles. The molecule has 0 aromatic heterocycles. The number of carboxylic acids is 2. The first kappa shape index (κ1) is 31.8. The number of morpholine rings is 1. The number of aliphatic carboxylic acids is 2. The minimum Gasteiger partial charge on any atom is -0.547 e. The molecule has 3 aliphatic heterocycles. The SMILES string of the molecule is CN1[C@@H]2C[C@@H](OC(=O)[C@H](CO)c3ccccc3)C[C@H]1[C@@H]1O[C@@H]12.O=C([O-])[C@@H](O)[C@@H](O)[C@H](O)[C@@H](O)C(=O)[O-].[Ca+2]. The van der Waals surface area contributed by atoms with Crippen LogP contribution in [0.1, 0.15) is 24.3 Å². The van der Waals surface area contributed by atoms with Crippen LogP contribution < -0.4 is 10.2 Å². The molecule has 0 unspecified atom stereocenters. The van der Waals surface area contributed by atoms with Crippen LogP contribution in [0.5, 0.6) is 0 Å². The molecule has 14 heteroatoms. The fourth-order valence-electron chi connectivity index (χ4n) is 4.70. The van der Waals surface area contributed by atoms with E-state index in [9.17, 15) is 29.7 Å².